The molecule has 0 amide bonds. The summed E-state index contributed by atoms with van der Waals surface area (Å²) in [4.78, 5) is 53.4. The van der Waals surface area contributed by atoms with Gasteiger partial charge in [-0.1, -0.05) is 18.2 Å². The van der Waals surface area contributed by atoms with Crippen molar-refractivity contribution < 1.29 is 20.4 Å². The molecule has 0 fully saturated rings. The SMILES string of the molecule is CC(=C=Cc1c(O)n(-c2cccc(O)c2)c(=O)[nH]c1=O)C=Cc1c(O)n(-c2cccc(O)c2)c(=O)[nH]c1=O. The van der Waals surface area contributed by atoms with Crippen LogP contribution in [-0.2, 0) is 0 Å². The highest BCUT2D eigenvalue weighted by Crippen LogP contribution is 2.22. The Bertz CT molecular complexity index is 1900. The largest absolute Gasteiger partial charge is 0.508 e. The monoisotopic (exact) mass is 516 g/mol. The zero-order chi connectivity index (χ0) is 27.6. The maximum Gasteiger partial charge on any atom is 0.335 e. The van der Waals surface area contributed by atoms with Crippen molar-refractivity contribution in [1.29, 1.82) is 0 Å². The first-order valence-electron chi connectivity index (χ1n) is 10.9. The van der Waals surface area contributed by atoms with Gasteiger partial charge in [0.25, 0.3) is 11.1 Å². The molecule has 0 unspecified atom stereocenters. The number of hydrogen-bond acceptors (Lipinski definition) is 8. The third kappa shape index (κ3) is 4.96. The number of H-pyrrole nitrogens is 2. The predicted octanol–water partition coefficient (Wildman–Crippen LogP) is 1.46. The number of allylic oxidation sites excluding steroid dienone is 2. The minimum absolute atomic E-state index is 0.107. The van der Waals surface area contributed by atoms with Gasteiger partial charge in [-0.3, -0.25) is 19.6 Å². The van der Waals surface area contributed by atoms with E-state index in [1.54, 1.807) is 6.92 Å². The van der Waals surface area contributed by atoms with Gasteiger partial charge in [-0.05, 0) is 48.9 Å². The summed E-state index contributed by atoms with van der Waals surface area (Å²) in [5, 5.41) is 40.6. The molecule has 0 saturated heterocycles. The van der Waals surface area contributed by atoms with Crippen molar-refractivity contribution in [3.63, 3.8) is 0 Å². The number of benzene rings is 2. The van der Waals surface area contributed by atoms with Gasteiger partial charge in [-0.2, -0.15) is 0 Å². The van der Waals surface area contributed by atoms with Gasteiger partial charge in [-0.25, -0.2) is 18.7 Å². The van der Waals surface area contributed by atoms with E-state index in [-0.39, 0.29) is 34.0 Å². The molecule has 6 N–H and O–H groups in total. The van der Waals surface area contributed by atoms with Gasteiger partial charge in [0.05, 0.1) is 11.4 Å². The van der Waals surface area contributed by atoms with E-state index in [4.69, 9.17) is 0 Å². The van der Waals surface area contributed by atoms with E-state index in [0.29, 0.717) is 5.57 Å². The summed E-state index contributed by atoms with van der Waals surface area (Å²) >= 11 is 0. The number of hydrogen-bond donors (Lipinski definition) is 6. The quantitative estimate of drug-likeness (QED) is 0.170. The van der Waals surface area contributed by atoms with Crippen LogP contribution in [0.25, 0.3) is 23.5 Å². The fraction of sp³-hybridized carbons (Fsp3) is 0.0385. The van der Waals surface area contributed by atoms with E-state index in [1.807, 2.05) is 0 Å². The van der Waals surface area contributed by atoms with Crippen molar-refractivity contribution in [2.24, 2.45) is 0 Å². The minimum Gasteiger partial charge on any atom is -0.508 e. The summed E-state index contributed by atoms with van der Waals surface area (Å²) in [7, 11) is 0. The summed E-state index contributed by atoms with van der Waals surface area (Å²) in [5.74, 6) is -1.69. The summed E-state index contributed by atoms with van der Waals surface area (Å²) in [6.45, 7) is 1.54. The van der Waals surface area contributed by atoms with E-state index in [2.05, 4.69) is 15.7 Å². The molecule has 2 aromatic heterocycles. The van der Waals surface area contributed by atoms with Crippen LogP contribution >= 0.6 is 0 Å². The average molecular weight is 516 g/mol. The van der Waals surface area contributed by atoms with E-state index in [1.165, 1.54) is 60.7 Å². The molecular weight excluding hydrogens is 496 g/mol. The number of phenolic OH excluding ortho intramolecular Hbond substituents is 2. The number of rotatable bonds is 5. The standard InChI is InChI=1S/C26H20N4O8/c1-14(8-10-19-21(33)27-25(37)29(23(19)35)15-4-2-6-17(31)12-15)9-11-20-22(34)28-26(38)30(24(20)36)16-5-3-7-18(32)13-16/h2-8,10-13,31-32,35-36H,1H3,(H,27,33,37)(H,28,34,38). The number of aromatic amines is 2. The van der Waals surface area contributed by atoms with Crippen LogP contribution in [0.3, 0.4) is 0 Å². The minimum atomic E-state index is -0.924. The molecule has 12 heteroatoms. The Morgan fingerprint density at radius 3 is 1.74 bits per heavy atom. The molecule has 0 atom stereocenters. The molecule has 2 heterocycles. The summed E-state index contributed by atoms with van der Waals surface area (Å²) in [6.07, 6.45) is 3.68. The molecular formula is C26H20N4O8. The van der Waals surface area contributed by atoms with Crippen LogP contribution in [-0.4, -0.2) is 39.5 Å². The zero-order valence-corrected chi connectivity index (χ0v) is 19.7. The molecule has 0 aliphatic rings. The first kappa shape index (κ1) is 25.4. The van der Waals surface area contributed by atoms with Crippen molar-refractivity contribution in [3.05, 3.63) is 119 Å². The van der Waals surface area contributed by atoms with Gasteiger partial charge in [0.1, 0.15) is 22.6 Å². The fourth-order valence-electron chi connectivity index (χ4n) is 3.54. The second kappa shape index (κ2) is 10.1. The van der Waals surface area contributed by atoms with Crippen LogP contribution in [0, 0.1) is 0 Å². The molecule has 0 aliphatic heterocycles. The van der Waals surface area contributed by atoms with Gasteiger partial charge in [0.15, 0.2) is 0 Å². The molecule has 0 saturated carbocycles. The number of phenols is 2. The van der Waals surface area contributed by atoms with Gasteiger partial charge in [0, 0.05) is 12.1 Å². The topological polar surface area (TPSA) is 191 Å². The van der Waals surface area contributed by atoms with Crippen molar-refractivity contribution in [2.45, 2.75) is 6.92 Å². The lowest BCUT2D eigenvalue weighted by Gasteiger charge is -2.10. The van der Waals surface area contributed by atoms with E-state index in [9.17, 15) is 39.6 Å². The van der Waals surface area contributed by atoms with Gasteiger partial charge in [-0.15, -0.1) is 5.73 Å². The Hall–Kier alpha value is -5.74. The third-order valence-electron chi connectivity index (χ3n) is 5.36. The Kier molecular flexibility index (Phi) is 6.73. The molecule has 0 spiro atoms. The molecule has 0 radical (unpaired) electrons. The first-order valence-corrected chi connectivity index (χ1v) is 10.9. The summed E-state index contributed by atoms with van der Waals surface area (Å²) in [6, 6.07) is 11.0. The summed E-state index contributed by atoms with van der Waals surface area (Å²) < 4.78 is 1.60. The number of aromatic hydroxyl groups is 4. The molecule has 12 nitrogen and oxygen atoms in total. The predicted molar refractivity (Wildman–Crippen MR) is 138 cm³/mol. The highest BCUT2D eigenvalue weighted by Gasteiger charge is 2.15. The lowest BCUT2D eigenvalue weighted by molar-refractivity contribution is 0.428. The first-order chi connectivity index (χ1) is 18.1. The Labute approximate surface area is 212 Å². The Balaban J connectivity index is 1.76. The molecule has 0 bridgehead atoms. The highest BCUT2D eigenvalue weighted by molar-refractivity contribution is 5.60. The number of nitrogens with zero attached hydrogens (tertiary/aromatic N) is 2. The second-order valence-electron chi connectivity index (χ2n) is 8.01. The van der Waals surface area contributed by atoms with Crippen molar-refractivity contribution in [1.82, 2.24) is 19.1 Å². The van der Waals surface area contributed by atoms with Crippen LogP contribution in [0.15, 0.2) is 85.1 Å². The van der Waals surface area contributed by atoms with E-state index >= 15 is 0 Å². The normalized spacial score (nSPS) is 10.9. The highest BCUT2D eigenvalue weighted by atomic mass is 16.3. The molecule has 4 rings (SSSR count). The van der Waals surface area contributed by atoms with Crippen LogP contribution in [0.1, 0.15) is 18.1 Å². The maximum absolute atomic E-state index is 12.3. The van der Waals surface area contributed by atoms with Crippen LogP contribution in [0.4, 0.5) is 0 Å². The van der Waals surface area contributed by atoms with Gasteiger partial charge >= 0.3 is 11.4 Å². The number of aromatic nitrogens is 4. The fourth-order valence-corrected chi connectivity index (χ4v) is 3.54. The molecule has 2 aromatic carbocycles. The molecule has 4 aromatic rings. The lowest BCUT2D eigenvalue weighted by Crippen LogP contribution is -2.30. The average Bonchev–Trinajstić information content (AvgIpc) is 2.83. The third-order valence-corrected chi connectivity index (χ3v) is 5.36. The van der Waals surface area contributed by atoms with E-state index < -0.39 is 34.3 Å². The molecule has 38 heavy (non-hydrogen) atoms. The zero-order valence-electron chi connectivity index (χ0n) is 19.7. The Morgan fingerprint density at radius 1 is 0.763 bits per heavy atom. The van der Waals surface area contributed by atoms with Crippen LogP contribution in [0.5, 0.6) is 23.3 Å². The van der Waals surface area contributed by atoms with Crippen molar-refractivity contribution in [2.75, 3.05) is 0 Å². The van der Waals surface area contributed by atoms with Crippen LogP contribution in [0.2, 0.25) is 0 Å². The number of nitrogens with one attached hydrogen (secondary N) is 2. The maximum atomic E-state index is 12.3. The molecule has 192 valence electrons. The Morgan fingerprint density at radius 2 is 1.24 bits per heavy atom. The van der Waals surface area contributed by atoms with Crippen molar-refractivity contribution >= 4 is 12.2 Å². The van der Waals surface area contributed by atoms with Crippen LogP contribution < -0.4 is 22.5 Å². The van der Waals surface area contributed by atoms with Gasteiger partial charge < -0.3 is 20.4 Å². The smallest absolute Gasteiger partial charge is 0.335 e. The summed E-state index contributed by atoms with van der Waals surface area (Å²) in [5.41, 5.74) is -0.903. The van der Waals surface area contributed by atoms with Gasteiger partial charge in [0.2, 0.25) is 11.8 Å². The lowest BCUT2D eigenvalue weighted by atomic mass is 10.2. The van der Waals surface area contributed by atoms with E-state index in [0.717, 1.165) is 15.2 Å². The second-order valence-corrected chi connectivity index (χ2v) is 8.01. The van der Waals surface area contributed by atoms with Crippen molar-refractivity contribution in [3.8, 4) is 34.6 Å². The molecule has 0 aliphatic carbocycles.